The Bertz CT molecular complexity index is 907. The lowest BCUT2D eigenvalue weighted by atomic mass is 10.0. The standard InChI is InChI=1S/C20H21Cl2NO4S/c1-11(2)27-17(24)15-14(12-5-7-13(26-4)8-6-12)9-28-16(15)23-18(25)19(3)10-20(19,21)22/h5-9,11H,10H2,1-4H3,(H,23,25). The minimum absolute atomic E-state index is 0.293. The highest BCUT2D eigenvalue weighted by molar-refractivity contribution is 7.15. The summed E-state index contributed by atoms with van der Waals surface area (Å²) in [6.45, 7) is 5.25. The number of esters is 1. The molecule has 1 atom stereocenters. The summed E-state index contributed by atoms with van der Waals surface area (Å²) in [5.41, 5.74) is 0.920. The maximum Gasteiger partial charge on any atom is 0.342 e. The number of anilines is 1. The van der Waals surface area contributed by atoms with Gasteiger partial charge in [-0.05, 0) is 44.9 Å². The highest BCUT2D eigenvalue weighted by Crippen LogP contribution is 2.64. The predicted octanol–water partition coefficient (Wildman–Crippen LogP) is 5.51. The number of amides is 1. The van der Waals surface area contributed by atoms with E-state index in [1.807, 2.05) is 29.6 Å². The van der Waals surface area contributed by atoms with Crippen LogP contribution in [-0.4, -0.2) is 29.4 Å². The van der Waals surface area contributed by atoms with E-state index in [1.54, 1.807) is 27.9 Å². The van der Waals surface area contributed by atoms with Crippen LogP contribution in [0.25, 0.3) is 11.1 Å². The molecule has 0 aliphatic heterocycles. The predicted molar refractivity (Wildman–Crippen MR) is 113 cm³/mol. The molecule has 5 nitrogen and oxygen atoms in total. The molecule has 2 aromatic rings. The van der Waals surface area contributed by atoms with Gasteiger partial charge in [-0.15, -0.1) is 34.5 Å². The molecule has 0 saturated heterocycles. The van der Waals surface area contributed by atoms with Gasteiger partial charge in [0, 0.05) is 10.9 Å². The van der Waals surface area contributed by atoms with Gasteiger partial charge in [-0.2, -0.15) is 0 Å². The number of nitrogens with one attached hydrogen (secondary N) is 1. The Morgan fingerprint density at radius 1 is 1.21 bits per heavy atom. The number of rotatable bonds is 6. The smallest absolute Gasteiger partial charge is 0.342 e. The Balaban J connectivity index is 1.97. The number of carbonyl (C=O) groups excluding carboxylic acids is 2. The van der Waals surface area contributed by atoms with Gasteiger partial charge in [-0.25, -0.2) is 4.79 Å². The van der Waals surface area contributed by atoms with Crippen molar-refractivity contribution in [1.82, 2.24) is 0 Å². The third-order valence-electron chi connectivity index (χ3n) is 4.72. The molecule has 3 rings (SSSR count). The van der Waals surface area contributed by atoms with E-state index in [2.05, 4.69) is 5.32 Å². The van der Waals surface area contributed by atoms with Gasteiger partial charge in [-0.1, -0.05) is 12.1 Å². The van der Waals surface area contributed by atoms with Crippen molar-refractivity contribution >= 4 is 51.4 Å². The summed E-state index contributed by atoms with van der Waals surface area (Å²) in [4.78, 5) is 25.5. The van der Waals surface area contributed by atoms with Gasteiger partial charge in [0.1, 0.15) is 20.6 Å². The molecular weight excluding hydrogens is 421 g/mol. The van der Waals surface area contributed by atoms with Crippen molar-refractivity contribution in [3.8, 4) is 16.9 Å². The van der Waals surface area contributed by atoms with E-state index in [1.165, 1.54) is 11.3 Å². The largest absolute Gasteiger partial charge is 0.497 e. The first-order valence-electron chi connectivity index (χ1n) is 8.75. The minimum atomic E-state index is -1.09. The van der Waals surface area contributed by atoms with Crippen LogP contribution in [0.2, 0.25) is 0 Å². The summed E-state index contributed by atoms with van der Waals surface area (Å²) in [5, 5.41) is 5.05. The molecule has 150 valence electrons. The van der Waals surface area contributed by atoms with Gasteiger partial charge >= 0.3 is 5.97 Å². The number of alkyl halides is 2. The highest BCUT2D eigenvalue weighted by Gasteiger charge is 2.68. The molecule has 1 saturated carbocycles. The molecule has 1 aliphatic rings. The molecule has 28 heavy (non-hydrogen) atoms. The van der Waals surface area contributed by atoms with Crippen molar-refractivity contribution in [2.24, 2.45) is 5.41 Å². The zero-order valence-electron chi connectivity index (χ0n) is 16.0. The van der Waals surface area contributed by atoms with Gasteiger partial charge in [0.05, 0.1) is 18.6 Å². The molecule has 1 unspecified atom stereocenters. The molecular formula is C20H21Cl2NO4S. The number of hydrogen-bond donors (Lipinski definition) is 1. The van der Waals surface area contributed by atoms with Crippen LogP contribution in [0.1, 0.15) is 37.6 Å². The van der Waals surface area contributed by atoms with E-state index in [-0.39, 0.29) is 12.0 Å². The molecule has 1 fully saturated rings. The van der Waals surface area contributed by atoms with Crippen LogP contribution in [-0.2, 0) is 9.53 Å². The first-order chi connectivity index (χ1) is 13.1. The molecule has 1 N–H and O–H groups in total. The summed E-state index contributed by atoms with van der Waals surface area (Å²) < 4.78 is 9.50. The Kier molecular flexibility index (Phi) is 5.67. The number of methoxy groups -OCH3 is 1. The summed E-state index contributed by atoms with van der Waals surface area (Å²) in [5.74, 6) is -0.110. The third kappa shape index (κ3) is 3.86. The lowest BCUT2D eigenvalue weighted by Gasteiger charge is -2.14. The second kappa shape index (κ2) is 7.58. The van der Waals surface area contributed by atoms with Gasteiger partial charge in [0.2, 0.25) is 5.91 Å². The third-order valence-corrected chi connectivity index (χ3v) is 6.72. The van der Waals surface area contributed by atoms with Crippen molar-refractivity contribution in [2.45, 2.75) is 37.6 Å². The number of thiophene rings is 1. The van der Waals surface area contributed by atoms with Crippen molar-refractivity contribution in [3.05, 3.63) is 35.2 Å². The number of ether oxygens (including phenoxy) is 2. The summed E-state index contributed by atoms with van der Waals surface area (Å²) >= 11 is 13.5. The Morgan fingerprint density at radius 3 is 2.32 bits per heavy atom. The molecule has 0 radical (unpaired) electrons. The van der Waals surface area contributed by atoms with Crippen LogP contribution in [0, 0.1) is 5.41 Å². The molecule has 0 spiro atoms. The maximum atomic E-state index is 12.8. The lowest BCUT2D eigenvalue weighted by molar-refractivity contribution is -0.120. The van der Waals surface area contributed by atoms with E-state index < -0.39 is 15.7 Å². The monoisotopic (exact) mass is 441 g/mol. The normalized spacial score (nSPS) is 20.0. The van der Waals surface area contributed by atoms with Crippen molar-refractivity contribution < 1.29 is 19.1 Å². The molecule has 8 heteroatoms. The number of carbonyl (C=O) groups is 2. The quantitative estimate of drug-likeness (QED) is 0.473. The Labute approximate surface area is 177 Å². The molecule has 1 aliphatic carbocycles. The topological polar surface area (TPSA) is 64.6 Å². The van der Waals surface area contributed by atoms with Gasteiger partial charge < -0.3 is 14.8 Å². The molecule has 1 aromatic heterocycles. The molecule has 1 amide bonds. The lowest BCUT2D eigenvalue weighted by Crippen LogP contribution is -2.26. The van der Waals surface area contributed by atoms with Crippen LogP contribution in [0.3, 0.4) is 0 Å². The summed E-state index contributed by atoms with van der Waals surface area (Å²) in [6, 6.07) is 7.32. The zero-order valence-corrected chi connectivity index (χ0v) is 18.3. The van der Waals surface area contributed by atoms with Crippen LogP contribution < -0.4 is 10.1 Å². The van der Waals surface area contributed by atoms with E-state index in [9.17, 15) is 9.59 Å². The average molecular weight is 442 g/mol. The van der Waals surface area contributed by atoms with Gasteiger partial charge in [0.15, 0.2) is 0 Å². The van der Waals surface area contributed by atoms with Gasteiger partial charge in [-0.3, -0.25) is 4.79 Å². The Morgan fingerprint density at radius 2 is 1.82 bits per heavy atom. The molecule has 1 aromatic carbocycles. The van der Waals surface area contributed by atoms with Crippen molar-refractivity contribution in [1.29, 1.82) is 0 Å². The van der Waals surface area contributed by atoms with Crippen molar-refractivity contribution in [3.63, 3.8) is 0 Å². The summed E-state index contributed by atoms with van der Waals surface area (Å²) in [6.07, 6.45) is 0.0659. The number of halogens is 2. The minimum Gasteiger partial charge on any atom is -0.497 e. The number of hydrogen-bond acceptors (Lipinski definition) is 5. The highest BCUT2D eigenvalue weighted by atomic mass is 35.5. The zero-order chi connectivity index (χ0) is 20.7. The number of benzene rings is 1. The van der Waals surface area contributed by atoms with Crippen LogP contribution in [0.4, 0.5) is 5.00 Å². The fourth-order valence-electron chi connectivity index (χ4n) is 2.80. The van der Waals surface area contributed by atoms with Crippen LogP contribution in [0.15, 0.2) is 29.6 Å². The average Bonchev–Trinajstić information content (AvgIpc) is 2.96. The van der Waals surface area contributed by atoms with E-state index >= 15 is 0 Å². The van der Waals surface area contributed by atoms with E-state index in [0.717, 1.165) is 5.56 Å². The van der Waals surface area contributed by atoms with Crippen LogP contribution >= 0.6 is 34.5 Å². The SMILES string of the molecule is COc1ccc(-c2csc(NC(=O)C3(C)CC3(Cl)Cl)c2C(=O)OC(C)C)cc1. The second-order valence-electron chi connectivity index (χ2n) is 7.20. The first kappa shape index (κ1) is 21.0. The first-order valence-corrected chi connectivity index (χ1v) is 10.4. The Hall–Kier alpha value is -1.76. The van der Waals surface area contributed by atoms with Crippen molar-refractivity contribution in [2.75, 3.05) is 12.4 Å². The van der Waals surface area contributed by atoms with E-state index in [0.29, 0.717) is 28.3 Å². The fourth-order valence-corrected chi connectivity index (χ4v) is 4.45. The maximum absolute atomic E-state index is 12.8. The second-order valence-corrected chi connectivity index (χ2v) is 9.57. The van der Waals surface area contributed by atoms with E-state index in [4.69, 9.17) is 32.7 Å². The molecule has 0 bridgehead atoms. The fraction of sp³-hybridized carbons (Fsp3) is 0.400. The molecule has 1 heterocycles. The van der Waals surface area contributed by atoms with Crippen LogP contribution in [0.5, 0.6) is 5.75 Å². The van der Waals surface area contributed by atoms with Gasteiger partial charge in [0.25, 0.3) is 0 Å². The summed E-state index contributed by atoms with van der Waals surface area (Å²) in [7, 11) is 1.59.